The Labute approximate surface area is 76.3 Å². The van der Waals surface area contributed by atoms with Gasteiger partial charge in [0.15, 0.2) is 4.90 Å². The molecule has 0 fully saturated rings. The minimum absolute atomic E-state index is 0.207. The minimum atomic E-state index is -4.79. The van der Waals surface area contributed by atoms with Crippen LogP contribution in [0.5, 0.6) is 0 Å². The summed E-state index contributed by atoms with van der Waals surface area (Å²) in [6.45, 7) is 2.52. The number of rotatable bonds is 4. The molecule has 0 aliphatic carbocycles. The Kier molecular flexibility index (Phi) is 3.90. The van der Waals surface area contributed by atoms with Gasteiger partial charge in [0.2, 0.25) is 0 Å². The second-order valence-corrected chi connectivity index (χ2v) is 7.56. The van der Waals surface area contributed by atoms with Gasteiger partial charge < -0.3 is 19.6 Å². The maximum Gasteiger partial charge on any atom is 0.343 e. The summed E-state index contributed by atoms with van der Waals surface area (Å²) in [5, 5.41) is 0. The maximum atomic E-state index is 10.9. The summed E-state index contributed by atoms with van der Waals surface area (Å²) in [4.78, 5) is 33.0. The molecule has 0 bridgehead atoms. The zero-order chi connectivity index (χ0) is 10.9. The van der Waals surface area contributed by atoms with Crippen molar-refractivity contribution in [1.29, 1.82) is 0 Å². The Morgan fingerprint density at radius 2 is 1.38 bits per heavy atom. The molecule has 0 saturated carbocycles. The second-order valence-electron chi connectivity index (χ2n) is 3.06. The van der Waals surface area contributed by atoms with Crippen molar-refractivity contribution in [3.63, 3.8) is 0 Å². The first-order valence-electron chi connectivity index (χ1n) is 3.67. The number of hydrogen-bond acceptors (Lipinski definition) is 2. The molecule has 80 valence electrons. The molecule has 0 amide bonds. The second kappa shape index (κ2) is 3.81. The maximum absolute atomic E-state index is 10.9. The minimum Gasteiger partial charge on any atom is -0.324 e. The van der Waals surface area contributed by atoms with E-state index in [9.17, 15) is 9.13 Å². The van der Waals surface area contributed by atoms with Crippen LogP contribution in [0.4, 0.5) is 0 Å². The van der Waals surface area contributed by atoms with E-state index in [1.54, 1.807) is 6.92 Å². The van der Waals surface area contributed by atoms with Crippen molar-refractivity contribution in [3.05, 3.63) is 0 Å². The fraction of sp³-hybridized carbons (Fsp3) is 1.00. The van der Waals surface area contributed by atoms with Gasteiger partial charge in [0.05, 0.1) is 0 Å². The van der Waals surface area contributed by atoms with Crippen LogP contribution >= 0.6 is 15.2 Å². The highest BCUT2D eigenvalue weighted by Gasteiger charge is 2.55. The Balaban J connectivity index is 5.22. The van der Waals surface area contributed by atoms with E-state index in [1.165, 1.54) is 0 Å². The van der Waals surface area contributed by atoms with Crippen LogP contribution in [0.1, 0.15) is 26.7 Å². The van der Waals surface area contributed by atoms with Crippen LogP contribution in [0.2, 0.25) is 0 Å². The van der Waals surface area contributed by atoms with Crippen molar-refractivity contribution in [2.75, 3.05) is 0 Å². The van der Waals surface area contributed by atoms with Gasteiger partial charge >= 0.3 is 15.2 Å². The van der Waals surface area contributed by atoms with E-state index in [0.717, 1.165) is 6.92 Å². The summed E-state index contributed by atoms with van der Waals surface area (Å²) in [5.41, 5.74) is 0. The summed E-state index contributed by atoms with van der Waals surface area (Å²) in [6.07, 6.45) is 0.0915. The van der Waals surface area contributed by atoms with Crippen molar-refractivity contribution >= 4 is 15.2 Å². The van der Waals surface area contributed by atoms with Gasteiger partial charge in [-0.05, 0) is 13.3 Å². The molecule has 0 heterocycles. The van der Waals surface area contributed by atoms with E-state index in [1.807, 2.05) is 0 Å². The van der Waals surface area contributed by atoms with Crippen LogP contribution in [0.3, 0.4) is 0 Å². The molecule has 8 heteroatoms. The summed E-state index contributed by atoms with van der Waals surface area (Å²) < 4.78 is 21.8. The molecule has 13 heavy (non-hydrogen) atoms. The molecule has 4 N–H and O–H groups in total. The molecule has 0 unspecified atom stereocenters. The third-order valence-corrected chi connectivity index (χ3v) is 6.50. The van der Waals surface area contributed by atoms with Crippen LogP contribution in [0.25, 0.3) is 0 Å². The van der Waals surface area contributed by atoms with Crippen molar-refractivity contribution in [3.8, 4) is 0 Å². The highest BCUT2D eigenvalue weighted by Crippen LogP contribution is 2.70. The molecule has 0 rings (SSSR count). The predicted octanol–water partition coefficient (Wildman–Crippen LogP) is 0.858. The molecule has 0 aliphatic rings. The zero-order valence-electron chi connectivity index (χ0n) is 7.41. The Bertz CT molecular complexity index is 240. The van der Waals surface area contributed by atoms with Crippen LogP contribution in [-0.4, -0.2) is 24.5 Å². The van der Waals surface area contributed by atoms with Crippen LogP contribution in [0.15, 0.2) is 0 Å². The topological polar surface area (TPSA) is 115 Å². The first kappa shape index (κ1) is 13.3. The smallest absolute Gasteiger partial charge is 0.324 e. The average molecular weight is 232 g/mol. The van der Waals surface area contributed by atoms with Gasteiger partial charge in [-0.25, -0.2) is 0 Å². The van der Waals surface area contributed by atoms with Gasteiger partial charge in [-0.2, -0.15) is 0 Å². The lowest BCUT2D eigenvalue weighted by Gasteiger charge is -2.30. The lowest BCUT2D eigenvalue weighted by atomic mass is 10.3. The molecule has 6 nitrogen and oxygen atoms in total. The molecule has 0 aromatic carbocycles. The normalized spacial score (nSPS) is 14.6. The first-order chi connectivity index (χ1) is 5.56. The molecular weight excluding hydrogens is 218 g/mol. The fourth-order valence-electron chi connectivity index (χ4n) is 0.935. The van der Waals surface area contributed by atoms with E-state index in [2.05, 4.69) is 0 Å². The van der Waals surface area contributed by atoms with Crippen LogP contribution < -0.4 is 0 Å². The average Bonchev–Trinajstić information content (AvgIpc) is 1.82. The van der Waals surface area contributed by atoms with E-state index in [-0.39, 0.29) is 6.42 Å². The van der Waals surface area contributed by atoms with Gasteiger partial charge in [-0.3, -0.25) is 9.13 Å². The first-order valence-corrected chi connectivity index (χ1v) is 6.90. The van der Waals surface area contributed by atoms with Crippen molar-refractivity contribution < 1.29 is 28.7 Å². The van der Waals surface area contributed by atoms with Gasteiger partial charge in [-0.15, -0.1) is 0 Å². The third kappa shape index (κ3) is 2.62. The SMILES string of the molecule is CCCC(C)(P(=O)(O)O)P(=O)(O)O. The Morgan fingerprint density at radius 1 is 1.08 bits per heavy atom. The third-order valence-electron chi connectivity index (χ3n) is 1.98. The van der Waals surface area contributed by atoms with E-state index < -0.39 is 20.1 Å². The van der Waals surface area contributed by atoms with Crippen LogP contribution in [0, 0.1) is 0 Å². The monoisotopic (exact) mass is 232 g/mol. The van der Waals surface area contributed by atoms with Crippen LogP contribution in [-0.2, 0) is 9.13 Å². The summed E-state index contributed by atoms with van der Waals surface area (Å²) in [5.74, 6) is 0. The highest BCUT2D eigenvalue weighted by molar-refractivity contribution is 7.72. The lowest BCUT2D eigenvalue weighted by molar-refractivity contribution is 0.307. The van der Waals surface area contributed by atoms with Crippen molar-refractivity contribution in [2.24, 2.45) is 0 Å². The standard InChI is InChI=1S/C5H14O6P2/c1-3-4-5(2,12(6,7)8)13(9,10)11/h3-4H2,1-2H3,(H2,6,7,8)(H2,9,10,11). The Hall–Kier alpha value is 0.300. The largest absolute Gasteiger partial charge is 0.343 e. The molecule has 0 saturated heterocycles. The molecule has 0 atom stereocenters. The van der Waals surface area contributed by atoms with Crippen molar-refractivity contribution in [2.45, 2.75) is 31.6 Å². The van der Waals surface area contributed by atoms with Gasteiger partial charge in [0, 0.05) is 0 Å². The van der Waals surface area contributed by atoms with E-state index in [0.29, 0.717) is 6.42 Å². The quantitative estimate of drug-likeness (QED) is 0.534. The predicted molar refractivity (Wildman–Crippen MR) is 47.4 cm³/mol. The highest BCUT2D eigenvalue weighted by atomic mass is 31.2. The number of hydrogen-bond donors (Lipinski definition) is 4. The molecule has 0 radical (unpaired) electrons. The molecule has 0 aliphatic heterocycles. The van der Waals surface area contributed by atoms with E-state index >= 15 is 0 Å². The van der Waals surface area contributed by atoms with E-state index in [4.69, 9.17) is 19.6 Å². The summed E-state index contributed by atoms with van der Waals surface area (Å²) >= 11 is 0. The van der Waals surface area contributed by atoms with Crippen molar-refractivity contribution in [1.82, 2.24) is 0 Å². The summed E-state index contributed by atoms with van der Waals surface area (Å²) in [7, 11) is -9.58. The zero-order valence-corrected chi connectivity index (χ0v) is 9.20. The van der Waals surface area contributed by atoms with Gasteiger partial charge in [0.25, 0.3) is 0 Å². The molecule has 0 aromatic heterocycles. The lowest BCUT2D eigenvalue weighted by Crippen LogP contribution is -2.24. The van der Waals surface area contributed by atoms with Gasteiger partial charge in [-0.1, -0.05) is 13.3 Å². The fourth-order valence-corrected chi connectivity index (χ4v) is 3.32. The molecule has 0 aromatic rings. The summed E-state index contributed by atoms with van der Waals surface area (Å²) in [6, 6.07) is 0. The van der Waals surface area contributed by atoms with Gasteiger partial charge in [0.1, 0.15) is 0 Å². The Morgan fingerprint density at radius 3 is 1.46 bits per heavy atom. The molecule has 0 spiro atoms. The molecular formula is C5H14O6P2.